The normalized spacial score (nSPS) is 16.9. The number of carbonyl (C=O) groups excluding carboxylic acids is 1. The summed E-state index contributed by atoms with van der Waals surface area (Å²) < 4.78 is 5.15. The number of benzene rings is 1. The zero-order chi connectivity index (χ0) is 16.8. The van der Waals surface area contributed by atoms with Crippen molar-refractivity contribution in [3.05, 3.63) is 40.0 Å². The van der Waals surface area contributed by atoms with Crippen LogP contribution in [0.5, 0.6) is 5.75 Å². The highest BCUT2D eigenvalue weighted by molar-refractivity contribution is 7.98. The second-order valence-electron chi connectivity index (χ2n) is 5.34. The molecule has 1 aliphatic carbocycles. The van der Waals surface area contributed by atoms with E-state index < -0.39 is 10.8 Å². The van der Waals surface area contributed by atoms with Crippen LogP contribution in [0.15, 0.2) is 29.2 Å². The first-order chi connectivity index (χ1) is 11.1. The van der Waals surface area contributed by atoms with Gasteiger partial charge in [-0.1, -0.05) is 12.2 Å². The van der Waals surface area contributed by atoms with E-state index in [0.29, 0.717) is 23.1 Å². The van der Waals surface area contributed by atoms with Gasteiger partial charge in [-0.2, -0.15) is 0 Å². The summed E-state index contributed by atoms with van der Waals surface area (Å²) in [7, 11) is 1.45. The van der Waals surface area contributed by atoms with Crippen LogP contribution in [0.1, 0.15) is 29.6 Å². The van der Waals surface area contributed by atoms with Gasteiger partial charge in [0.05, 0.1) is 23.0 Å². The molecular weight excluding hydrogens is 316 g/mol. The summed E-state index contributed by atoms with van der Waals surface area (Å²) in [5.41, 5.74) is -0.160. The summed E-state index contributed by atoms with van der Waals surface area (Å²) in [5, 5.41) is 14.1. The van der Waals surface area contributed by atoms with Crippen LogP contribution >= 0.6 is 11.8 Å². The third-order valence-electron chi connectivity index (χ3n) is 3.87. The van der Waals surface area contributed by atoms with Crippen molar-refractivity contribution in [2.75, 3.05) is 19.9 Å². The van der Waals surface area contributed by atoms with Crippen LogP contribution in [-0.4, -0.2) is 30.7 Å². The minimum absolute atomic E-state index is 0.0755. The molecule has 0 aliphatic heterocycles. The number of thioether (sulfide) groups is 1. The fraction of sp³-hybridized carbons (Fsp3) is 0.438. The molecule has 0 heterocycles. The summed E-state index contributed by atoms with van der Waals surface area (Å²) in [6.45, 7) is 0.529. The van der Waals surface area contributed by atoms with Crippen molar-refractivity contribution in [1.29, 1.82) is 0 Å². The Hall–Kier alpha value is -2.02. The van der Waals surface area contributed by atoms with Gasteiger partial charge in [-0.05, 0) is 37.5 Å². The molecular formula is C16H20N2O4S. The molecule has 0 spiro atoms. The standard InChI is InChI=1S/C16H20N2O4S/c1-22-14-9-13(18(20)21)12(8-15(14)23-2)16(19)17-10-11-6-4-3-5-7-11/h3-4,8-9,11H,5-7,10H2,1-2H3,(H,17,19)/t11-/m0/s1. The van der Waals surface area contributed by atoms with Gasteiger partial charge in [-0.3, -0.25) is 14.9 Å². The van der Waals surface area contributed by atoms with E-state index >= 15 is 0 Å². The summed E-state index contributed by atoms with van der Waals surface area (Å²) in [6.07, 6.45) is 9.05. The monoisotopic (exact) mass is 336 g/mol. The third kappa shape index (κ3) is 4.25. The Morgan fingerprint density at radius 3 is 2.83 bits per heavy atom. The van der Waals surface area contributed by atoms with Crippen LogP contribution in [0.2, 0.25) is 0 Å². The van der Waals surface area contributed by atoms with Crippen molar-refractivity contribution in [3.8, 4) is 5.75 Å². The lowest BCUT2D eigenvalue weighted by Gasteiger charge is -2.18. The zero-order valence-corrected chi connectivity index (χ0v) is 14.0. The predicted molar refractivity (Wildman–Crippen MR) is 90.2 cm³/mol. The molecule has 0 radical (unpaired) electrons. The molecule has 1 aromatic rings. The Morgan fingerprint density at radius 1 is 1.48 bits per heavy atom. The lowest BCUT2D eigenvalue weighted by atomic mass is 9.94. The van der Waals surface area contributed by atoms with Crippen molar-refractivity contribution < 1.29 is 14.5 Å². The Morgan fingerprint density at radius 2 is 2.26 bits per heavy atom. The van der Waals surface area contributed by atoms with E-state index in [9.17, 15) is 14.9 Å². The van der Waals surface area contributed by atoms with Crippen LogP contribution < -0.4 is 10.1 Å². The molecule has 7 heteroatoms. The van der Waals surface area contributed by atoms with Gasteiger partial charge < -0.3 is 10.1 Å². The first kappa shape index (κ1) is 17.3. The van der Waals surface area contributed by atoms with Crippen molar-refractivity contribution in [2.45, 2.75) is 24.2 Å². The van der Waals surface area contributed by atoms with Crippen molar-refractivity contribution in [1.82, 2.24) is 5.32 Å². The van der Waals surface area contributed by atoms with Crippen LogP contribution in [0, 0.1) is 16.0 Å². The highest BCUT2D eigenvalue weighted by Gasteiger charge is 2.24. The molecule has 0 saturated carbocycles. The quantitative estimate of drug-likeness (QED) is 0.372. The minimum atomic E-state index is -0.551. The van der Waals surface area contributed by atoms with Gasteiger partial charge in [-0.25, -0.2) is 0 Å². The average Bonchev–Trinajstić information content (AvgIpc) is 2.59. The van der Waals surface area contributed by atoms with Gasteiger partial charge in [0.15, 0.2) is 0 Å². The molecule has 0 unspecified atom stereocenters. The van der Waals surface area contributed by atoms with Crippen LogP contribution in [-0.2, 0) is 0 Å². The number of allylic oxidation sites excluding steroid dienone is 2. The first-order valence-corrected chi connectivity index (χ1v) is 8.63. The predicted octanol–water partition coefficient (Wildman–Crippen LogP) is 3.41. The molecule has 1 aromatic carbocycles. The molecule has 0 bridgehead atoms. The number of amides is 1. The van der Waals surface area contributed by atoms with Gasteiger partial charge in [0, 0.05) is 6.54 Å². The largest absolute Gasteiger partial charge is 0.495 e. The third-order valence-corrected chi connectivity index (χ3v) is 4.63. The van der Waals surface area contributed by atoms with Gasteiger partial charge >= 0.3 is 0 Å². The van der Waals surface area contributed by atoms with Crippen molar-refractivity contribution >= 4 is 23.4 Å². The van der Waals surface area contributed by atoms with Crippen LogP contribution in [0.4, 0.5) is 5.69 Å². The van der Waals surface area contributed by atoms with E-state index in [1.165, 1.54) is 31.0 Å². The summed E-state index contributed by atoms with van der Waals surface area (Å²) in [4.78, 5) is 23.8. The zero-order valence-electron chi connectivity index (χ0n) is 13.2. The second-order valence-corrected chi connectivity index (χ2v) is 6.19. The Labute approximate surface area is 139 Å². The summed E-state index contributed by atoms with van der Waals surface area (Å²) in [6, 6.07) is 2.84. The molecule has 1 N–H and O–H groups in total. The molecule has 6 nitrogen and oxygen atoms in total. The summed E-state index contributed by atoms with van der Waals surface area (Å²) >= 11 is 1.38. The molecule has 124 valence electrons. The number of methoxy groups -OCH3 is 1. The molecule has 1 atom stereocenters. The maximum atomic E-state index is 12.4. The molecule has 0 saturated heterocycles. The smallest absolute Gasteiger partial charge is 0.285 e. The number of ether oxygens (including phenoxy) is 1. The maximum Gasteiger partial charge on any atom is 0.285 e. The number of nitro benzene ring substituents is 1. The Bertz CT molecular complexity index is 631. The number of rotatable bonds is 6. The number of nitro groups is 1. The van der Waals surface area contributed by atoms with E-state index in [1.54, 1.807) is 0 Å². The molecule has 0 aromatic heterocycles. The number of carbonyl (C=O) groups is 1. The van der Waals surface area contributed by atoms with Gasteiger partial charge in [0.2, 0.25) is 0 Å². The molecule has 1 aliphatic rings. The van der Waals surface area contributed by atoms with Crippen molar-refractivity contribution in [3.63, 3.8) is 0 Å². The number of hydrogen-bond donors (Lipinski definition) is 1. The lowest BCUT2D eigenvalue weighted by Crippen LogP contribution is -2.30. The Kier molecular flexibility index (Phi) is 6.04. The van der Waals surface area contributed by atoms with E-state index in [4.69, 9.17) is 4.74 Å². The second kappa shape index (κ2) is 8.01. The summed E-state index contributed by atoms with van der Waals surface area (Å²) in [5.74, 6) is 0.378. The van der Waals surface area contributed by atoms with E-state index in [0.717, 1.165) is 19.3 Å². The fourth-order valence-electron chi connectivity index (χ4n) is 2.58. The topological polar surface area (TPSA) is 81.5 Å². The van der Waals surface area contributed by atoms with Gasteiger partial charge in [0.25, 0.3) is 11.6 Å². The highest BCUT2D eigenvalue weighted by Crippen LogP contribution is 2.34. The molecule has 2 rings (SSSR count). The minimum Gasteiger partial charge on any atom is -0.495 e. The molecule has 0 fully saturated rings. The fourth-order valence-corrected chi connectivity index (χ4v) is 3.15. The van der Waals surface area contributed by atoms with Gasteiger partial charge in [-0.15, -0.1) is 11.8 Å². The van der Waals surface area contributed by atoms with Crippen molar-refractivity contribution in [2.24, 2.45) is 5.92 Å². The number of nitrogens with one attached hydrogen (secondary N) is 1. The van der Waals surface area contributed by atoms with E-state index in [2.05, 4.69) is 17.5 Å². The van der Waals surface area contributed by atoms with E-state index in [-0.39, 0.29) is 11.3 Å². The Balaban J connectivity index is 2.20. The molecule has 23 heavy (non-hydrogen) atoms. The first-order valence-electron chi connectivity index (χ1n) is 7.40. The lowest BCUT2D eigenvalue weighted by molar-refractivity contribution is -0.385. The maximum absolute atomic E-state index is 12.4. The van der Waals surface area contributed by atoms with Crippen LogP contribution in [0.3, 0.4) is 0 Å². The average molecular weight is 336 g/mol. The molecule has 1 amide bonds. The highest BCUT2D eigenvalue weighted by atomic mass is 32.2. The van der Waals surface area contributed by atoms with Crippen LogP contribution in [0.25, 0.3) is 0 Å². The van der Waals surface area contributed by atoms with Gasteiger partial charge in [0.1, 0.15) is 11.3 Å². The SMILES string of the molecule is COc1cc([N+](=O)[O-])c(C(=O)NC[C@H]2CC=CCC2)cc1SC. The van der Waals surface area contributed by atoms with E-state index in [1.807, 2.05) is 6.26 Å². The number of hydrogen-bond acceptors (Lipinski definition) is 5. The number of nitrogens with zero attached hydrogens (tertiary/aromatic N) is 1.